The summed E-state index contributed by atoms with van der Waals surface area (Å²) in [5, 5.41) is 8.93. The molecule has 0 heterocycles. The average molecular weight is 303 g/mol. The molecule has 0 aromatic rings. The summed E-state index contributed by atoms with van der Waals surface area (Å²) in [6.45, 7) is 9.51. The van der Waals surface area contributed by atoms with Crippen LogP contribution in [0.25, 0.3) is 0 Å². The molecule has 0 aliphatic rings. The molecular weight excluding hydrogens is 268 g/mol. The van der Waals surface area contributed by atoms with Gasteiger partial charge in [0.05, 0.1) is 32.5 Å². The molecule has 4 nitrogen and oxygen atoms in total. The van der Waals surface area contributed by atoms with Crippen molar-refractivity contribution in [2.75, 3.05) is 39.6 Å². The first kappa shape index (κ1) is 20.8. The van der Waals surface area contributed by atoms with Crippen molar-refractivity contribution in [3.63, 3.8) is 0 Å². The molecule has 0 aromatic carbocycles. The van der Waals surface area contributed by atoms with E-state index in [1.807, 2.05) is 0 Å². The Balaban J connectivity index is 2.93. The molecule has 1 N–H and O–H groups in total. The lowest BCUT2D eigenvalue weighted by Crippen LogP contribution is -2.12. The van der Waals surface area contributed by atoms with Crippen LogP contribution in [0.1, 0.15) is 58.3 Å². The highest BCUT2D eigenvalue weighted by Crippen LogP contribution is 2.06. The highest BCUT2D eigenvalue weighted by Gasteiger charge is 1.96. The van der Waals surface area contributed by atoms with Crippen molar-refractivity contribution in [2.45, 2.75) is 64.4 Å². The highest BCUT2D eigenvalue weighted by molar-refractivity contribution is 4.54. The maximum atomic E-state index is 8.93. The lowest BCUT2D eigenvalue weighted by molar-refractivity contribution is 0.00947. The topological polar surface area (TPSA) is 47.9 Å². The van der Waals surface area contributed by atoms with E-state index in [1.165, 1.54) is 38.5 Å². The molecule has 1 radical (unpaired) electrons. The molecule has 21 heavy (non-hydrogen) atoms. The molecule has 0 bridgehead atoms. The summed E-state index contributed by atoms with van der Waals surface area (Å²) in [6, 6.07) is 0. The van der Waals surface area contributed by atoms with E-state index in [4.69, 9.17) is 19.3 Å². The van der Waals surface area contributed by atoms with E-state index in [9.17, 15) is 0 Å². The van der Waals surface area contributed by atoms with Crippen LogP contribution in [-0.2, 0) is 14.2 Å². The molecule has 0 saturated carbocycles. The molecule has 0 saturated heterocycles. The Kier molecular flexibility index (Phi) is 17.8. The predicted octanol–water partition coefficient (Wildman–Crippen LogP) is 3.37. The quantitative estimate of drug-likeness (QED) is 0.419. The first-order chi connectivity index (χ1) is 10.3. The fraction of sp³-hybridized carbons (Fsp3) is 0.941. The predicted molar refractivity (Wildman–Crippen MR) is 86.4 cm³/mol. The molecule has 0 amide bonds. The Bertz CT molecular complexity index is 186. The Labute approximate surface area is 131 Å². The monoisotopic (exact) mass is 303 g/mol. The molecule has 0 spiro atoms. The molecule has 0 aromatic heterocycles. The summed E-state index contributed by atoms with van der Waals surface area (Å²) in [5.41, 5.74) is 0. The summed E-state index contributed by atoms with van der Waals surface area (Å²) < 4.78 is 16.2. The van der Waals surface area contributed by atoms with Crippen LogP contribution in [0.4, 0.5) is 0 Å². The van der Waals surface area contributed by atoms with E-state index in [2.05, 4.69) is 13.8 Å². The molecule has 0 aliphatic heterocycles. The van der Waals surface area contributed by atoms with Gasteiger partial charge in [-0.2, -0.15) is 0 Å². The molecule has 0 fully saturated rings. The maximum absolute atomic E-state index is 8.93. The van der Waals surface area contributed by atoms with Crippen molar-refractivity contribution in [3.8, 4) is 0 Å². The Morgan fingerprint density at radius 1 is 0.714 bits per heavy atom. The third kappa shape index (κ3) is 19.8. The van der Waals surface area contributed by atoms with E-state index in [0.717, 1.165) is 13.0 Å². The highest BCUT2D eigenvalue weighted by atomic mass is 16.5. The van der Waals surface area contributed by atoms with Crippen LogP contribution in [0.2, 0.25) is 0 Å². The molecule has 4 heteroatoms. The molecule has 0 aliphatic carbocycles. The Hall–Kier alpha value is -0.160. The zero-order chi connectivity index (χ0) is 15.6. The smallest absolute Gasteiger partial charge is 0.0701 e. The van der Waals surface area contributed by atoms with Crippen LogP contribution in [0.15, 0.2) is 0 Å². The second-order valence-corrected chi connectivity index (χ2v) is 5.40. The SMILES string of the molecule is [CH2]C(O)CCOCCOCCOCCCCCCCCC. The van der Waals surface area contributed by atoms with Crippen LogP contribution >= 0.6 is 0 Å². The largest absolute Gasteiger partial charge is 0.393 e. The van der Waals surface area contributed by atoms with E-state index in [-0.39, 0.29) is 0 Å². The molecule has 1 atom stereocenters. The summed E-state index contributed by atoms with van der Waals surface area (Å²) in [4.78, 5) is 0. The fourth-order valence-electron chi connectivity index (χ4n) is 1.92. The summed E-state index contributed by atoms with van der Waals surface area (Å²) >= 11 is 0. The van der Waals surface area contributed by atoms with E-state index in [0.29, 0.717) is 39.5 Å². The average Bonchev–Trinajstić information content (AvgIpc) is 2.46. The number of aliphatic hydroxyl groups is 1. The second-order valence-electron chi connectivity index (χ2n) is 5.40. The number of hydrogen-bond acceptors (Lipinski definition) is 4. The van der Waals surface area contributed by atoms with Crippen molar-refractivity contribution in [1.29, 1.82) is 0 Å². The zero-order valence-corrected chi connectivity index (χ0v) is 13.9. The number of aliphatic hydroxyl groups excluding tert-OH is 1. The third-order valence-electron chi connectivity index (χ3n) is 3.23. The number of hydrogen-bond donors (Lipinski definition) is 1. The minimum absolute atomic E-state index is 0.531. The van der Waals surface area contributed by atoms with Gasteiger partial charge in [0.15, 0.2) is 0 Å². The molecule has 1 unspecified atom stereocenters. The van der Waals surface area contributed by atoms with E-state index < -0.39 is 6.10 Å². The zero-order valence-electron chi connectivity index (χ0n) is 13.9. The van der Waals surface area contributed by atoms with Gasteiger partial charge < -0.3 is 19.3 Å². The van der Waals surface area contributed by atoms with E-state index >= 15 is 0 Å². The van der Waals surface area contributed by atoms with Gasteiger partial charge >= 0.3 is 0 Å². The van der Waals surface area contributed by atoms with Gasteiger partial charge in [0.2, 0.25) is 0 Å². The molecule has 0 rings (SSSR count). The van der Waals surface area contributed by atoms with Crippen LogP contribution in [0.3, 0.4) is 0 Å². The number of rotatable bonds is 17. The number of ether oxygens (including phenoxy) is 3. The van der Waals surface area contributed by atoms with Crippen LogP contribution in [-0.4, -0.2) is 50.9 Å². The number of unbranched alkanes of at least 4 members (excludes halogenated alkanes) is 6. The van der Waals surface area contributed by atoms with E-state index in [1.54, 1.807) is 0 Å². The maximum Gasteiger partial charge on any atom is 0.0701 e. The van der Waals surface area contributed by atoms with Crippen molar-refractivity contribution in [1.82, 2.24) is 0 Å². The third-order valence-corrected chi connectivity index (χ3v) is 3.23. The second kappa shape index (κ2) is 17.9. The lowest BCUT2D eigenvalue weighted by atomic mass is 10.1. The van der Waals surface area contributed by atoms with Gasteiger partial charge in [0, 0.05) is 13.2 Å². The van der Waals surface area contributed by atoms with Gasteiger partial charge in [-0.15, -0.1) is 0 Å². The van der Waals surface area contributed by atoms with Gasteiger partial charge in [-0.25, -0.2) is 0 Å². The first-order valence-corrected chi connectivity index (χ1v) is 8.51. The van der Waals surface area contributed by atoms with Crippen LogP contribution in [0.5, 0.6) is 0 Å². The normalized spacial score (nSPS) is 12.7. The van der Waals surface area contributed by atoms with Crippen molar-refractivity contribution in [3.05, 3.63) is 6.92 Å². The summed E-state index contributed by atoms with van der Waals surface area (Å²) in [7, 11) is 0. The van der Waals surface area contributed by atoms with Gasteiger partial charge in [-0.3, -0.25) is 0 Å². The van der Waals surface area contributed by atoms with Gasteiger partial charge in [-0.1, -0.05) is 45.4 Å². The standard InChI is InChI=1S/C17H35O4/c1-3-4-5-6-7-8-9-11-19-13-15-21-16-14-20-12-10-17(2)18/h17-18H,2-16H2,1H3. The summed E-state index contributed by atoms with van der Waals surface area (Å²) in [6.07, 6.45) is 9.22. The summed E-state index contributed by atoms with van der Waals surface area (Å²) in [5.74, 6) is 0. The molecular formula is C17H35O4. The Morgan fingerprint density at radius 3 is 1.76 bits per heavy atom. The minimum Gasteiger partial charge on any atom is -0.393 e. The van der Waals surface area contributed by atoms with Crippen molar-refractivity contribution >= 4 is 0 Å². The van der Waals surface area contributed by atoms with Gasteiger partial charge in [0.1, 0.15) is 0 Å². The van der Waals surface area contributed by atoms with Crippen LogP contribution < -0.4 is 0 Å². The minimum atomic E-state index is -0.536. The lowest BCUT2D eigenvalue weighted by Gasteiger charge is -2.07. The fourth-order valence-corrected chi connectivity index (χ4v) is 1.92. The van der Waals surface area contributed by atoms with Crippen molar-refractivity contribution < 1.29 is 19.3 Å². The van der Waals surface area contributed by atoms with Crippen LogP contribution in [0, 0.1) is 6.92 Å². The van der Waals surface area contributed by atoms with Crippen molar-refractivity contribution in [2.24, 2.45) is 0 Å². The first-order valence-electron chi connectivity index (χ1n) is 8.51. The Morgan fingerprint density at radius 2 is 1.19 bits per heavy atom. The molecule has 127 valence electrons. The van der Waals surface area contributed by atoms with Gasteiger partial charge in [-0.05, 0) is 19.8 Å². The van der Waals surface area contributed by atoms with Gasteiger partial charge in [0.25, 0.3) is 0 Å².